The molecule has 0 aliphatic rings. The third-order valence-corrected chi connectivity index (χ3v) is 7.30. The zero-order valence-electron chi connectivity index (χ0n) is 14.4. The molecule has 0 spiro atoms. The number of carbonyl (C=O) groups excluding carboxylic acids is 2. The number of esters is 1. The van der Waals surface area contributed by atoms with Gasteiger partial charge in [0.1, 0.15) is 5.00 Å². The number of anilines is 1. The maximum absolute atomic E-state index is 12.2. The van der Waals surface area contributed by atoms with E-state index in [1.54, 1.807) is 18.7 Å². The molecule has 2 aromatic rings. The van der Waals surface area contributed by atoms with Crippen LogP contribution < -0.4 is 5.32 Å². The molecule has 2 aromatic heterocycles. The summed E-state index contributed by atoms with van der Waals surface area (Å²) < 4.78 is 6.75. The summed E-state index contributed by atoms with van der Waals surface area (Å²) in [6.45, 7) is 7.89. The topological polar surface area (TPSA) is 81.2 Å². The molecule has 136 valence electrons. The number of nitrogens with zero attached hydrogens (tertiary/aromatic N) is 2. The van der Waals surface area contributed by atoms with Gasteiger partial charge in [-0.25, -0.2) is 4.79 Å². The van der Waals surface area contributed by atoms with E-state index in [-0.39, 0.29) is 11.7 Å². The SMILES string of the molecule is CCOC(=O)c1c(NC(=O)CSc2nnc(SCC)s2)sc(C)c1C. The first kappa shape index (κ1) is 20.2. The van der Waals surface area contributed by atoms with Gasteiger partial charge in [-0.1, -0.05) is 41.8 Å². The molecule has 2 rings (SSSR count). The quantitative estimate of drug-likeness (QED) is 0.508. The average molecular weight is 418 g/mol. The van der Waals surface area contributed by atoms with Crippen LogP contribution in [0.15, 0.2) is 8.68 Å². The minimum Gasteiger partial charge on any atom is -0.462 e. The van der Waals surface area contributed by atoms with E-state index >= 15 is 0 Å². The molecule has 0 saturated heterocycles. The van der Waals surface area contributed by atoms with Crippen LogP contribution >= 0.6 is 46.2 Å². The van der Waals surface area contributed by atoms with Gasteiger partial charge >= 0.3 is 5.97 Å². The van der Waals surface area contributed by atoms with E-state index in [1.165, 1.54) is 34.4 Å². The fourth-order valence-corrected chi connectivity index (χ4v) is 5.67. The zero-order valence-corrected chi connectivity index (χ0v) is 17.6. The second-order valence-electron chi connectivity index (χ2n) is 4.81. The minimum atomic E-state index is -0.405. The number of aryl methyl sites for hydroxylation is 1. The van der Waals surface area contributed by atoms with Crippen molar-refractivity contribution in [3.05, 3.63) is 16.0 Å². The van der Waals surface area contributed by atoms with Gasteiger partial charge < -0.3 is 10.1 Å². The van der Waals surface area contributed by atoms with Crippen molar-refractivity contribution in [1.29, 1.82) is 0 Å². The van der Waals surface area contributed by atoms with E-state index in [0.29, 0.717) is 17.2 Å². The molecule has 1 N–H and O–H groups in total. The minimum absolute atomic E-state index is 0.184. The molecule has 0 bridgehead atoms. The fourth-order valence-electron chi connectivity index (χ4n) is 1.89. The number of nitrogens with one attached hydrogen (secondary N) is 1. The van der Waals surface area contributed by atoms with Gasteiger partial charge in [-0.3, -0.25) is 4.79 Å². The number of aromatic nitrogens is 2. The third-order valence-electron chi connectivity index (χ3n) is 3.10. The molecule has 1 amide bonds. The summed E-state index contributed by atoms with van der Waals surface area (Å²) in [5, 5.41) is 11.5. The van der Waals surface area contributed by atoms with E-state index in [0.717, 1.165) is 24.9 Å². The highest BCUT2D eigenvalue weighted by molar-refractivity contribution is 8.03. The Balaban J connectivity index is 2.00. The Labute approximate surface area is 163 Å². The van der Waals surface area contributed by atoms with E-state index in [9.17, 15) is 9.59 Å². The number of rotatable bonds is 8. The highest BCUT2D eigenvalue weighted by Crippen LogP contribution is 2.33. The molecule has 0 aliphatic carbocycles. The summed E-state index contributed by atoms with van der Waals surface area (Å²) in [7, 11) is 0. The summed E-state index contributed by atoms with van der Waals surface area (Å²) in [5.41, 5.74) is 1.29. The second kappa shape index (κ2) is 9.56. The predicted molar refractivity (Wildman–Crippen MR) is 105 cm³/mol. The maximum Gasteiger partial charge on any atom is 0.341 e. The van der Waals surface area contributed by atoms with Gasteiger partial charge in [-0.15, -0.1) is 21.5 Å². The zero-order chi connectivity index (χ0) is 18.4. The smallest absolute Gasteiger partial charge is 0.341 e. The number of hydrogen-bond donors (Lipinski definition) is 1. The molecule has 0 aliphatic heterocycles. The summed E-state index contributed by atoms with van der Waals surface area (Å²) in [5.74, 6) is 0.561. The van der Waals surface area contributed by atoms with Crippen LogP contribution in [0.25, 0.3) is 0 Å². The Kier molecular flexibility index (Phi) is 7.73. The first-order chi connectivity index (χ1) is 12.0. The molecule has 0 fully saturated rings. The number of thioether (sulfide) groups is 2. The van der Waals surface area contributed by atoms with E-state index in [4.69, 9.17) is 4.74 Å². The van der Waals surface area contributed by atoms with E-state index in [1.807, 2.05) is 13.8 Å². The van der Waals surface area contributed by atoms with Crippen LogP contribution in [0.4, 0.5) is 5.00 Å². The van der Waals surface area contributed by atoms with E-state index in [2.05, 4.69) is 22.4 Å². The van der Waals surface area contributed by atoms with Gasteiger partial charge in [0.25, 0.3) is 0 Å². The van der Waals surface area contributed by atoms with Gasteiger partial charge in [0.2, 0.25) is 5.91 Å². The number of amides is 1. The number of ether oxygens (including phenoxy) is 1. The molecule has 0 unspecified atom stereocenters. The lowest BCUT2D eigenvalue weighted by molar-refractivity contribution is -0.113. The molecular formula is C15H19N3O3S4. The van der Waals surface area contributed by atoms with Gasteiger partial charge in [-0.2, -0.15) is 0 Å². The molecular weight excluding hydrogens is 398 g/mol. The summed E-state index contributed by atoms with van der Waals surface area (Å²) in [6, 6.07) is 0. The first-order valence-electron chi connectivity index (χ1n) is 7.62. The number of carbonyl (C=O) groups is 2. The van der Waals surface area contributed by atoms with Crippen molar-refractivity contribution in [1.82, 2.24) is 10.2 Å². The molecule has 0 atom stereocenters. The second-order valence-corrected chi connectivity index (χ2v) is 9.75. The molecule has 10 heteroatoms. The van der Waals surface area contributed by atoms with Crippen molar-refractivity contribution in [3.8, 4) is 0 Å². The first-order valence-corrected chi connectivity index (χ1v) is 11.2. The normalized spacial score (nSPS) is 10.7. The van der Waals surface area contributed by atoms with E-state index < -0.39 is 5.97 Å². The molecule has 25 heavy (non-hydrogen) atoms. The summed E-state index contributed by atoms with van der Waals surface area (Å²) in [4.78, 5) is 25.4. The largest absolute Gasteiger partial charge is 0.462 e. The van der Waals surface area contributed by atoms with Crippen molar-refractivity contribution in [2.75, 3.05) is 23.4 Å². The van der Waals surface area contributed by atoms with Gasteiger partial charge in [0, 0.05) is 4.88 Å². The monoisotopic (exact) mass is 417 g/mol. The average Bonchev–Trinajstić information content (AvgIpc) is 3.11. The Bertz CT molecular complexity index is 757. The summed E-state index contributed by atoms with van der Waals surface area (Å²) >= 11 is 5.83. The van der Waals surface area contributed by atoms with Crippen molar-refractivity contribution in [2.24, 2.45) is 0 Å². The fraction of sp³-hybridized carbons (Fsp3) is 0.467. The van der Waals surface area contributed by atoms with Crippen molar-refractivity contribution in [3.63, 3.8) is 0 Å². The predicted octanol–water partition coefficient (Wildman–Crippen LogP) is 4.24. The highest BCUT2D eigenvalue weighted by Gasteiger charge is 2.22. The van der Waals surface area contributed by atoms with Crippen LogP contribution in [-0.4, -0.2) is 40.2 Å². The lowest BCUT2D eigenvalue weighted by Gasteiger charge is -2.06. The van der Waals surface area contributed by atoms with Crippen LogP contribution in [-0.2, 0) is 9.53 Å². The lowest BCUT2D eigenvalue weighted by atomic mass is 10.1. The summed E-state index contributed by atoms with van der Waals surface area (Å²) in [6.07, 6.45) is 0. The van der Waals surface area contributed by atoms with Gasteiger partial charge in [0.15, 0.2) is 8.68 Å². The number of hydrogen-bond acceptors (Lipinski definition) is 9. The maximum atomic E-state index is 12.2. The Morgan fingerprint density at radius 1 is 1.12 bits per heavy atom. The Morgan fingerprint density at radius 3 is 2.44 bits per heavy atom. The van der Waals surface area contributed by atoms with Crippen molar-refractivity contribution in [2.45, 2.75) is 36.4 Å². The Morgan fingerprint density at radius 2 is 1.80 bits per heavy atom. The Hall–Kier alpha value is -1.10. The van der Waals surface area contributed by atoms with Gasteiger partial charge in [0.05, 0.1) is 17.9 Å². The standard InChI is InChI=1S/C15H19N3O3S4/c1-5-21-13(20)11-8(3)9(4)24-12(11)16-10(19)7-23-15-18-17-14(25-15)22-6-2/h5-7H2,1-4H3,(H,16,19). The van der Waals surface area contributed by atoms with Crippen LogP contribution in [0.3, 0.4) is 0 Å². The van der Waals surface area contributed by atoms with Crippen LogP contribution in [0, 0.1) is 13.8 Å². The van der Waals surface area contributed by atoms with Gasteiger partial charge in [-0.05, 0) is 32.1 Å². The molecule has 0 saturated carbocycles. The molecule has 0 radical (unpaired) electrons. The molecule has 0 aromatic carbocycles. The molecule has 2 heterocycles. The molecule has 6 nitrogen and oxygen atoms in total. The highest BCUT2D eigenvalue weighted by atomic mass is 32.2. The van der Waals surface area contributed by atoms with Crippen LogP contribution in [0.1, 0.15) is 34.6 Å². The van der Waals surface area contributed by atoms with Crippen LogP contribution in [0.2, 0.25) is 0 Å². The third kappa shape index (κ3) is 5.44. The lowest BCUT2D eigenvalue weighted by Crippen LogP contribution is -2.16. The number of thiophene rings is 1. The van der Waals surface area contributed by atoms with Crippen LogP contribution in [0.5, 0.6) is 0 Å². The van der Waals surface area contributed by atoms with Crippen molar-refractivity contribution < 1.29 is 14.3 Å². The van der Waals surface area contributed by atoms with Crippen molar-refractivity contribution >= 4 is 63.1 Å².